The molecule has 0 saturated carbocycles. The fourth-order valence-corrected chi connectivity index (χ4v) is 2.86. The first kappa shape index (κ1) is 11.6. The number of rotatable bonds is 2. The summed E-state index contributed by atoms with van der Waals surface area (Å²) in [4.78, 5) is 16.2. The van der Waals surface area contributed by atoms with Gasteiger partial charge in [-0.2, -0.15) is 0 Å². The molecule has 1 aliphatic rings. The second kappa shape index (κ2) is 4.62. The summed E-state index contributed by atoms with van der Waals surface area (Å²) in [7, 11) is 0. The summed E-state index contributed by atoms with van der Waals surface area (Å²) in [6.45, 7) is 1.80. The number of amides is 1. The Hall–Kier alpha value is -1.53. The molecule has 1 aromatic carbocycles. The standard InChI is InChI=1S/C12H13N3O2S/c1-7-14-9-4-8(2-3-11(9)17-7)15-12(16)10-5-18-6-13-10/h2-4,10,13H,5-6H2,1H3,(H,15,16). The van der Waals surface area contributed by atoms with Crippen molar-refractivity contribution in [2.45, 2.75) is 13.0 Å². The van der Waals surface area contributed by atoms with Gasteiger partial charge in [0.15, 0.2) is 11.5 Å². The predicted octanol–water partition coefficient (Wildman–Crippen LogP) is 1.74. The molecule has 1 unspecified atom stereocenters. The normalized spacial score (nSPS) is 19.3. The van der Waals surface area contributed by atoms with Crippen LogP contribution in [0.4, 0.5) is 5.69 Å². The van der Waals surface area contributed by atoms with Gasteiger partial charge in [0, 0.05) is 24.2 Å². The van der Waals surface area contributed by atoms with Crippen LogP contribution in [-0.2, 0) is 4.79 Å². The number of oxazole rings is 1. The van der Waals surface area contributed by atoms with Gasteiger partial charge in [-0.05, 0) is 18.2 Å². The molecular formula is C12H13N3O2S. The SMILES string of the molecule is Cc1nc2cc(NC(=O)C3CSCN3)ccc2o1. The minimum atomic E-state index is -0.107. The van der Waals surface area contributed by atoms with Gasteiger partial charge >= 0.3 is 0 Å². The Morgan fingerprint density at radius 2 is 2.50 bits per heavy atom. The predicted molar refractivity (Wildman–Crippen MR) is 71.6 cm³/mol. The van der Waals surface area contributed by atoms with E-state index in [1.165, 1.54) is 0 Å². The molecule has 0 spiro atoms. The molecule has 1 fully saturated rings. The maximum Gasteiger partial charge on any atom is 0.242 e. The maximum atomic E-state index is 11.9. The van der Waals surface area contributed by atoms with E-state index in [0.29, 0.717) is 5.89 Å². The molecule has 1 aromatic heterocycles. The molecule has 18 heavy (non-hydrogen) atoms. The molecule has 1 aliphatic heterocycles. The molecule has 2 N–H and O–H groups in total. The molecule has 1 atom stereocenters. The van der Waals surface area contributed by atoms with Crippen LogP contribution >= 0.6 is 11.8 Å². The fourth-order valence-electron chi connectivity index (χ4n) is 1.91. The lowest BCUT2D eigenvalue weighted by molar-refractivity contribution is -0.117. The summed E-state index contributed by atoms with van der Waals surface area (Å²) in [6.07, 6.45) is 0. The van der Waals surface area contributed by atoms with E-state index in [-0.39, 0.29) is 11.9 Å². The molecular weight excluding hydrogens is 250 g/mol. The Labute approximate surface area is 108 Å². The van der Waals surface area contributed by atoms with Crippen LogP contribution in [0.2, 0.25) is 0 Å². The van der Waals surface area contributed by atoms with Gasteiger partial charge in [0.2, 0.25) is 5.91 Å². The Bertz CT molecular complexity index is 590. The van der Waals surface area contributed by atoms with Crippen LogP contribution in [0.5, 0.6) is 0 Å². The lowest BCUT2D eigenvalue weighted by Crippen LogP contribution is -2.37. The number of fused-ring (bicyclic) bond motifs is 1. The number of anilines is 1. The van der Waals surface area contributed by atoms with E-state index in [1.54, 1.807) is 18.7 Å². The number of aromatic nitrogens is 1. The maximum absolute atomic E-state index is 11.9. The van der Waals surface area contributed by atoms with Crippen LogP contribution < -0.4 is 10.6 Å². The van der Waals surface area contributed by atoms with E-state index in [9.17, 15) is 4.79 Å². The van der Waals surface area contributed by atoms with E-state index in [1.807, 2.05) is 18.2 Å². The van der Waals surface area contributed by atoms with Crippen molar-refractivity contribution < 1.29 is 9.21 Å². The summed E-state index contributed by atoms with van der Waals surface area (Å²) in [5.74, 6) is 2.28. The van der Waals surface area contributed by atoms with E-state index < -0.39 is 0 Å². The molecule has 0 aliphatic carbocycles. The van der Waals surface area contributed by atoms with Crippen molar-refractivity contribution in [3.63, 3.8) is 0 Å². The second-order valence-corrected chi connectivity index (χ2v) is 5.21. The van der Waals surface area contributed by atoms with Crippen LogP contribution in [0.3, 0.4) is 0 Å². The molecule has 3 rings (SSSR count). The van der Waals surface area contributed by atoms with E-state index in [0.717, 1.165) is 28.4 Å². The van der Waals surface area contributed by atoms with E-state index in [2.05, 4.69) is 15.6 Å². The molecule has 6 heteroatoms. The van der Waals surface area contributed by atoms with Gasteiger partial charge in [-0.1, -0.05) is 0 Å². The van der Waals surface area contributed by atoms with Gasteiger partial charge < -0.3 is 9.73 Å². The van der Waals surface area contributed by atoms with Crippen molar-refractivity contribution in [3.05, 3.63) is 24.1 Å². The summed E-state index contributed by atoms with van der Waals surface area (Å²) in [6, 6.07) is 5.37. The molecule has 1 amide bonds. The first-order valence-corrected chi connectivity index (χ1v) is 6.87. The highest BCUT2D eigenvalue weighted by molar-refractivity contribution is 7.99. The molecule has 5 nitrogen and oxygen atoms in total. The van der Waals surface area contributed by atoms with Gasteiger partial charge in [-0.15, -0.1) is 11.8 Å². The van der Waals surface area contributed by atoms with Gasteiger partial charge in [0.25, 0.3) is 0 Å². The number of benzene rings is 1. The lowest BCUT2D eigenvalue weighted by atomic mass is 10.2. The number of carbonyl (C=O) groups is 1. The zero-order valence-electron chi connectivity index (χ0n) is 9.90. The second-order valence-electron chi connectivity index (χ2n) is 4.18. The van der Waals surface area contributed by atoms with Crippen LogP contribution in [0.25, 0.3) is 11.1 Å². The molecule has 0 bridgehead atoms. The molecule has 1 saturated heterocycles. The van der Waals surface area contributed by atoms with Gasteiger partial charge in [-0.25, -0.2) is 4.98 Å². The number of hydrogen-bond acceptors (Lipinski definition) is 5. The highest BCUT2D eigenvalue weighted by Crippen LogP contribution is 2.20. The third kappa shape index (κ3) is 2.21. The Morgan fingerprint density at radius 1 is 1.61 bits per heavy atom. The smallest absolute Gasteiger partial charge is 0.242 e. The number of nitrogens with zero attached hydrogens (tertiary/aromatic N) is 1. The van der Waals surface area contributed by atoms with Gasteiger partial charge in [0.05, 0.1) is 6.04 Å². The average Bonchev–Trinajstić information content (AvgIpc) is 2.95. The highest BCUT2D eigenvalue weighted by atomic mass is 32.2. The first-order valence-electron chi connectivity index (χ1n) is 5.71. The largest absolute Gasteiger partial charge is 0.441 e. The molecule has 2 heterocycles. The lowest BCUT2D eigenvalue weighted by Gasteiger charge is -2.10. The molecule has 0 radical (unpaired) electrons. The van der Waals surface area contributed by atoms with E-state index >= 15 is 0 Å². The molecule has 94 valence electrons. The third-order valence-corrected chi connectivity index (χ3v) is 3.73. The van der Waals surface area contributed by atoms with Crippen molar-refractivity contribution >= 4 is 34.5 Å². The summed E-state index contributed by atoms with van der Waals surface area (Å²) >= 11 is 1.73. The van der Waals surface area contributed by atoms with E-state index in [4.69, 9.17) is 4.42 Å². The summed E-state index contributed by atoms with van der Waals surface area (Å²) in [5.41, 5.74) is 2.25. The van der Waals surface area contributed by atoms with Crippen molar-refractivity contribution in [1.29, 1.82) is 0 Å². The third-order valence-electron chi connectivity index (χ3n) is 2.79. The highest BCUT2D eigenvalue weighted by Gasteiger charge is 2.22. The monoisotopic (exact) mass is 263 g/mol. The zero-order valence-corrected chi connectivity index (χ0v) is 10.7. The average molecular weight is 263 g/mol. The van der Waals surface area contributed by atoms with Crippen LogP contribution in [0.15, 0.2) is 22.6 Å². The Morgan fingerprint density at radius 3 is 3.28 bits per heavy atom. The number of hydrogen-bond donors (Lipinski definition) is 2. The number of thioether (sulfide) groups is 1. The molecule has 2 aromatic rings. The first-order chi connectivity index (χ1) is 8.72. The number of aryl methyl sites for hydroxylation is 1. The minimum Gasteiger partial charge on any atom is -0.441 e. The number of carbonyl (C=O) groups excluding carboxylic acids is 1. The van der Waals surface area contributed by atoms with Crippen molar-refractivity contribution in [1.82, 2.24) is 10.3 Å². The van der Waals surface area contributed by atoms with Crippen LogP contribution in [0, 0.1) is 6.92 Å². The Balaban J connectivity index is 1.79. The summed E-state index contributed by atoms with van der Waals surface area (Å²) in [5, 5.41) is 6.02. The minimum absolute atomic E-state index is 0.000401. The zero-order chi connectivity index (χ0) is 12.5. The van der Waals surface area contributed by atoms with Crippen LogP contribution in [0.1, 0.15) is 5.89 Å². The quantitative estimate of drug-likeness (QED) is 0.864. The van der Waals surface area contributed by atoms with Crippen molar-refractivity contribution in [3.8, 4) is 0 Å². The summed E-state index contributed by atoms with van der Waals surface area (Å²) < 4.78 is 5.39. The topological polar surface area (TPSA) is 67.2 Å². The Kier molecular flexibility index (Phi) is 2.97. The fraction of sp³-hybridized carbons (Fsp3) is 0.333. The van der Waals surface area contributed by atoms with Crippen molar-refractivity contribution in [2.75, 3.05) is 16.9 Å². The van der Waals surface area contributed by atoms with Crippen LogP contribution in [-0.4, -0.2) is 28.6 Å². The van der Waals surface area contributed by atoms with Gasteiger partial charge in [0.1, 0.15) is 5.52 Å². The number of nitrogens with one attached hydrogen (secondary N) is 2. The van der Waals surface area contributed by atoms with Gasteiger partial charge in [-0.3, -0.25) is 10.1 Å². The van der Waals surface area contributed by atoms with Crippen molar-refractivity contribution in [2.24, 2.45) is 0 Å².